The number of sulfone groups is 1. The summed E-state index contributed by atoms with van der Waals surface area (Å²) in [5.74, 6) is 0.0265. The van der Waals surface area contributed by atoms with Crippen LogP contribution in [0.2, 0.25) is 0 Å². The van der Waals surface area contributed by atoms with Crippen molar-refractivity contribution in [2.75, 3.05) is 13.1 Å². The van der Waals surface area contributed by atoms with E-state index in [0.29, 0.717) is 30.8 Å². The molecule has 0 saturated carbocycles. The third kappa shape index (κ3) is 4.96. The van der Waals surface area contributed by atoms with E-state index in [2.05, 4.69) is 11.7 Å². The number of likely N-dealkylation sites (tertiary alicyclic amines) is 1. The lowest BCUT2D eigenvalue weighted by Crippen LogP contribution is -2.44. The van der Waals surface area contributed by atoms with Crippen molar-refractivity contribution in [3.8, 4) is 11.1 Å². The van der Waals surface area contributed by atoms with Crippen LogP contribution in [0.15, 0.2) is 58.4 Å². The van der Waals surface area contributed by atoms with Gasteiger partial charge in [0.15, 0.2) is 9.84 Å². The standard InChI is InChI=1S/C25H30N2O3S/c1-5-6-20-7-8-21(17-24(20)26-4)19-9-11-22(12-10-19)31(29,30)23-13-15-27(16-14-23)25(28)18(2)3/h5-12,17-18,23H,4,13-16H2,1-3H3/b6-5-. The number of hydrogen-bond donors (Lipinski definition) is 0. The fraction of sp³-hybridized carbons (Fsp3) is 0.360. The van der Waals surface area contributed by atoms with Gasteiger partial charge in [-0.1, -0.05) is 50.3 Å². The van der Waals surface area contributed by atoms with E-state index in [1.807, 2.05) is 63.3 Å². The van der Waals surface area contributed by atoms with Crippen molar-refractivity contribution >= 4 is 34.2 Å². The van der Waals surface area contributed by atoms with Crippen LogP contribution in [-0.4, -0.2) is 44.3 Å². The van der Waals surface area contributed by atoms with Gasteiger partial charge in [-0.2, -0.15) is 0 Å². The Bertz CT molecular complexity index is 1080. The fourth-order valence-electron chi connectivity index (χ4n) is 3.96. The number of nitrogens with zero attached hydrogens (tertiary/aromatic N) is 2. The van der Waals surface area contributed by atoms with Gasteiger partial charge in [0, 0.05) is 19.0 Å². The van der Waals surface area contributed by atoms with Crippen molar-refractivity contribution in [3.63, 3.8) is 0 Å². The number of benzene rings is 2. The number of aliphatic imine (C=N–C) groups is 1. The number of hydrogen-bond acceptors (Lipinski definition) is 4. The molecule has 1 fully saturated rings. The monoisotopic (exact) mass is 438 g/mol. The van der Waals surface area contributed by atoms with Gasteiger partial charge in [0.2, 0.25) is 5.91 Å². The van der Waals surface area contributed by atoms with Gasteiger partial charge < -0.3 is 4.90 Å². The van der Waals surface area contributed by atoms with Gasteiger partial charge in [-0.05, 0) is 61.4 Å². The Morgan fingerprint density at radius 1 is 1.10 bits per heavy atom. The summed E-state index contributed by atoms with van der Waals surface area (Å²) in [4.78, 5) is 18.4. The summed E-state index contributed by atoms with van der Waals surface area (Å²) in [6.07, 6.45) is 4.88. The first-order chi connectivity index (χ1) is 14.8. The largest absolute Gasteiger partial charge is 0.342 e. The minimum absolute atomic E-state index is 0.0652. The van der Waals surface area contributed by atoms with Gasteiger partial charge in [-0.15, -0.1) is 0 Å². The number of carbonyl (C=O) groups is 1. The van der Waals surface area contributed by atoms with E-state index < -0.39 is 15.1 Å². The van der Waals surface area contributed by atoms with Crippen molar-refractivity contribution in [2.24, 2.45) is 10.9 Å². The Kier molecular flexibility index (Phi) is 7.11. The summed E-state index contributed by atoms with van der Waals surface area (Å²) in [5.41, 5.74) is 3.66. The zero-order valence-corrected chi connectivity index (χ0v) is 19.2. The lowest BCUT2D eigenvalue weighted by Gasteiger charge is -2.32. The van der Waals surface area contributed by atoms with Crippen molar-refractivity contribution in [1.82, 2.24) is 4.90 Å². The SMILES string of the molecule is C=Nc1cc(-c2ccc(S(=O)(=O)C3CCN(C(=O)C(C)C)CC3)cc2)ccc1/C=C\C. The van der Waals surface area contributed by atoms with Crippen molar-refractivity contribution in [3.05, 3.63) is 54.1 Å². The molecule has 2 aromatic rings. The maximum absolute atomic E-state index is 13.1. The highest BCUT2D eigenvalue weighted by molar-refractivity contribution is 7.92. The summed E-state index contributed by atoms with van der Waals surface area (Å²) in [5, 5.41) is -0.453. The first kappa shape index (κ1) is 22.9. The molecule has 0 bridgehead atoms. The van der Waals surface area contributed by atoms with Crippen LogP contribution < -0.4 is 0 Å². The third-order valence-electron chi connectivity index (χ3n) is 5.75. The summed E-state index contributed by atoms with van der Waals surface area (Å²) in [6.45, 7) is 10.3. The molecule has 0 atom stereocenters. The Morgan fingerprint density at radius 2 is 1.71 bits per heavy atom. The summed E-state index contributed by atoms with van der Waals surface area (Å²) >= 11 is 0. The zero-order valence-electron chi connectivity index (χ0n) is 18.4. The molecule has 1 saturated heterocycles. The molecule has 6 heteroatoms. The first-order valence-corrected chi connectivity index (χ1v) is 12.2. The molecule has 3 rings (SSSR count). The van der Waals surface area contributed by atoms with Crippen LogP contribution in [0.25, 0.3) is 17.2 Å². The number of rotatable bonds is 6. The van der Waals surface area contributed by atoms with E-state index in [0.717, 1.165) is 22.4 Å². The van der Waals surface area contributed by atoms with Crippen LogP contribution in [0.4, 0.5) is 5.69 Å². The molecule has 0 spiro atoms. The predicted octanol–water partition coefficient (Wildman–Crippen LogP) is 5.14. The number of amides is 1. The molecule has 0 radical (unpaired) electrons. The van der Waals surface area contributed by atoms with Gasteiger partial charge in [0.05, 0.1) is 15.8 Å². The summed E-state index contributed by atoms with van der Waals surface area (Å²) in [7, 11) is -3.43. The van der Waals surface area contributed by atoms with Crippen molar-refractivity contribution in [1.29, 1.82) is 0 Å². The molecule has 1 aliphatic heterocycles. The highest BCUT2D eigenvalue weighted by atomic mass is 32.2. The smallest absolute Gasteiger partial charge is 0.225 e. The van der Waals surface area contributed by atoms with Gasteiger partial charge in [-0.3, -0.25) is 9.79 Å². The second kappa shape index (κ2) is 9.60. The van der Waals surface area contributed by atoms with Crippen LogP contribution >= 0.6 is 0 Å². The Hall–Kier alpha value is -2.73. The molecule has 0 N–H and O–H groups in total. The molecule has 5 nitrogen and oxygen atoms in total. The maximum Gasteiger partial charge on any atom is 0.225 e. The quantitative estimate of drug-likeness (QED) is 0.587. The van der Waals surface area contributed by atoms with E-state index in [1.54, 1.807) is 17.0 Å². The summed E-state index contributed by atoms with van der Waals surface area (Å²) in [6, 6.07) is 13.0. The number of allylic oxidation sites excluding steroid dienone is 1. The van der Waals surface area contributed by atoms with E-state index >= 15 is 0 Å². The van der Waals surface area contributed by atoms with Crippen LogP contribution in [0.1, 0.15) is 39.2 Å². The minimum atomic E-state index is -3.43. The maximum atomic E-state index is 13.1. The topological polar surface area (TPSA) is 66.8 Å². The molecule has 0 aromatic heterocycles. The van der Waals surface area contributed by atoms with E-state index in [4.69, 9.17) is 0 Å². The second-order valence-corrected chi connectivity index (χ2v) is 10.4. The predicted molar refractivity (Wildman–Crippen MR) is 127 cm³/mol. The van der Waals surface area contributed by atoms with E-state index in [9.17, 15) is 13.2 Å². The Labute approximate surface area is 185 Å². The molecule has 1 heterocycles. The van der Waals surface area contributed by atoms with E-state index in [1.165, 1.54) is 0 Å². The highest BCUT2D eigenvalue weighted by Crippen LogP contribution is 2.31. The molecule has 2 aromatic carbocycles. The molecular weight excluding hydrogens is 408 g/mol. The average Bonchev–Trinajstić information content (AvgIpc) is 2.79. The Morgan fingerprint density at radius 3 is 2.26 bits per heavy atom. The van der Waals surface area contributed by atoms with Crippen molar-refractivity contribution < 1.29 is 13.2 Å². The Balaban J connectivity index is 1.77. The molecular formula is C25H30N2O3S. The van der Waals surface area contributed by atoms with Crippen molar-refractivity contribution in [2.45, 2.75) is 43.8 Å². The third-order valence-corrected chi connectivity index (χ3v) is 8.03. The molecule has 0 aliphatic carbocycles. The zero-order chi connectivity index (χ0) is 22.6. The van der Waals surface area contributed by atoms with Crippen LogP contribution in [0.3, 0.4) is 0 Å². The van der Waals surface area contributed by atoms with E-state index in [-0.39, 0.29) is 11.8 Å². The van der Waals surface area contributed by atoms with Crippen LogP contribution in [0, 0.1) is 5.92 Å². The lowest BCUT2D eigenvalue weighted by molar-refractivity contribution is -0.135. The first-order valence-electron chi connectivity index (χ1n) is 10.6. The van der Waals surface area contributed by atoms with Crippen LogP contribution in [-0.2, 0) is 14.6 Å². The minimum Gasteiger partial charge on any atom is -0.342 e. The highest BCUT2D eigenvalue weighted by Gasteiger charge is 2.33. The molecule has 1 aliphatic rings. The molecule has 164 valence electrons. The summed E-state index contributed by atoms with van der Waals surface area (Å²) < 4.78 is 26.3. The normalized spacial score (nSPS) is 15.5. The van der Waals surface area contributed by atoms with Gasteiger partial charge >= 0.3 is 0 Å². The molecule has 1 amide bonds. The number of carbonyl (C=O) groups excluding carboxylic acids is 1. The van der Waals surface area contributed by atoms with Gasteiger partial charge in [-0.25, -0.2) is 8.42 Å². The van der Waals surface area contributed by atoms with Gasteiger partial charge in [0.1, 0.15) is 0 Å². The molecule has 31 heavy (non-hydrogen) atoms. The molecule has 0 unspecified atom stereocenters. The average molecular weight is 439 g/mol. The van der Waals surface area contributed by atoms with Gasteiger partial charge in [0.25, 0.3) is 0 Å². The lowest BCUT2D eigenvalue weighted by atomic mass is 10.0. The fourth-order valence-corrected chi connectivity index (χ4v) is 5.69. The second-order valence-electron chi connectivity index (χ2n) is 8.18. The number of piperidine rings is 1. The van der Waals surface area contributed by atoms with Crippen LogP contribution in [0.5, 0.6) is 0 Å².